The average molecular weight is 350 g/mol. The van der Waals surface area contributed by atoms with Crippen LogP contribution in [-0.4, -0.2) is 37.4 Å². The third-order valence-electron chi connectivity index (χ3n) is 4.09. The van der Waals surface area contributed by atoms with Gasteiger partial charge >= 0.3 is 0 Å². The van der Waals surface area contributed by atoms with Gasteiger partial charge in [-0.15, -0.1) is 0 Å². The first-order valence-corrected chi connectivity index (χ1v) is 8.93. The van der Waals surface area contributed by atoms with Crippen molar-refractivity contribution in [1.82, 2.24) is 10.6 Å². The molecule has 1 aromatic rings. The average Bonchev–Trinajstić information content (AvgIpc) is 2.84. The van der Waals surface area contributed by atoms with Crippen molar-refractivity contribution < 1.29 is 14.3 Å². The number of ether oxygens (including phenoxy) is 2. The van der Waals surface area contributed by atoms with E-state index in [2.05, 4.69) is 10.6 Å². The first-order chi connectivity index (χ1) is 11.7. The van der Waals surface area contributed by atoms with E-state index in [0.717, 1.165) is 12.8 Å². The number of nitrogens with one attached hydrogen (secondary N) is 2. The van der Waals surface area contributed by atoms with Crippen molar-refractivity contribution >= 4 is 23.2 Å². The third kappa shape index (κ3) is 6.45. The molecule has 6 heteroatoms. The van der Waals surface area contributed by atoms with Crippen LogP contribution in [0.1, 0.15) is 48.9 Å². The summed E-state index contributed by atoms with van der Waals surface area (Å²) in [6, 6.07) is 7.37. The Morgan fingerprint density at radius 2 is 1.79 bits per heavy atom. The van der Waals surface area contributed by atoms with Crippen LogP contribution in [0.5, 0.6) is 5.75 Å². The molecular weight excluding hydrogens is 324 g/mol. The number of carbonyl (C=O) groups excluding carboxylic acids is 1. The van der Waals surface area contributed by atoms with E-state index >= 15 is 0 Å². The van der Waals surface area contributed by atoms with Gasteiger partial charge in [0.2, 0.25) is 0 Å². The summed E-state index contributed by atoms with van der Waals surface area (Å²) < 4.78 is 10.4. The Morgan fingerprint density at radius 3 is 2.42 bits per heavy atom. The van der Waals surface area contributed by atoms with Crippen molar-refractivity contribution in [2.45, 2.75) is 44.6 Å². The van der Waals surface area contributed by atoms with Gasteiger partial charge in [-0.1, -0.05) is 25.7 Å². The molecule has 0 atom stereocenters. The van der Waals surface area contributed by atoms with Crippen molar-refractivity contribution in [2.24, 2.45) is 0 Å². The summed E-state index contributed by atoms with van der Waals surface area (Å²) in [4.78, 5) is 12.2. The molecule has 5 nitrogen and oxygen atoms in total. The van der Waals surface area contributed by atoms with E-state index in [1.807, 2.05) is 0 Å². The van der Waals surface area contributed by atoms with E-state index in [4.69, 9.17) is 21.7 Å². The number of benzene rings is 1. The fraction of sp³-hybridized carbons (Fsp3) is 0.556. The summed E-state index contributed by atoms with van der Waals surface area (Å²) in [5.74, 6) is 0.507. The number of methoxy groups -OCH3 is 1. The molecule has 1 fully saturated rings. The molecular formula is C18H26N2O3S. The minimum absolute atomic E-state index is 0.204. The van der Waals surface area contributed by atoms with E-state index in [9.17, 15) is 4.79 Å². The number of amides is 1. The van der Waals surface area contributed by atoms with Crippen molar-refractivity contribution in [1.29, 1.82) is 0 Å². The lowest BCUT2D eigenvalue weighted by Crippen LogP contribution is -2.44. The van der Waals surface area contributed by atoms with Crippen molar-refractivity contribution in [3.8, 4) is 5.75 Å². The molecule has 132 valence electrons. The molecule has 0 heterocycles. The van der Waals surface area contributed by atoms with Crippen molar-refractivity contribution in [3.05, 3.63) is 29.8 Å². The van der Waals surface area contributed by atoms with Crippen LogP contribution in [-0.2, 0) is 4.74 Å². The van der Waals surface area contributed by atoms with Crippen LogP contribution in [0.3, 0.4) is 0 Å². The van der Waals surface area contributed by atoms with Gasteiger partial charge in [0.1, 0.15) is 12.4 Å². The smallest absolute Gasteiger partial charge is 0.257 e. The highest BCUT2D eigenvalue weighted by molar-refractivity contribution is 7.80. The summed E-state index contributed by atoms with van der Waals surface area (Å²) in [5.41, 5.74) is 0.555. The van der Waals surface area contributed by atoms with E-state index in [1.165, 1.54) is 25.7 Å². The van der Waals surface area contributed by atoms with Gasteiger partial charge in [0.05, 0.1) is 6.61 Å². The highest BCUT2D eigenvalue weighted by atomic mass is 32.1. The largest absolute Gasteiger partial charge is 0.491 e. The summed E-state index contributed by atoms with van der Waals surface area (Å²) in [7, 11) is 1.63. The summed E-state index contributed by atoms with van der Waals surface area (Å²) in [6.07, 6.45) is 7.25. The van der Waals surface area contributed by atoms with Gasteiger partial charge in [0.15, 0.2) is 5.11 Å². The van der Waals surface area contributed by atoms with Crippen LogP contribution in [0.4, 0.5) is 0 Å². The highest BCUT2D eigenvalue weighted by Crippen LogP contribution is 2.17. The van der Waals surface area contributed by atoms with Crippen LogP contribution in [0.2, 0.25) is 0 Å². The molecule has 0 radical (unpaired) electrons. The second kappa shape index (κ2) is 10.3. The van der Waals surface area contributed by atoms with Crippen molar-refractivity contribution in [3.63, 3.8) is 0 Å². The monoisotopic (exact) mass is 350 g/mol. The predicted octanol–water partition coefficient (Wildman–Crippen LogP) is 3.04. The lowest BCUT2D eigenvalue weighted by molar-refractivity contribution is 0.0976. The fourth-order valence-corrected chi connectivity index (χ4v) is 3.03. The standard InChI is InChI=1S/C18H26N2O3S/c1-22-12-13-23-16-10-8-14(9-11-16)17(21)20-18(24)19-15-6-4-2-3-5-7-15/h8-11,15H,2-7,12-13H2,1H3,(H2,19,20,21,24). The molecule has 0 unspecified atom stereocenters. The summed E-state index contributed by atoms with van der Waals surface area (Å²) in [5, 5.41) is 6.43. The Labute approximate surface area is 149 Å². The van der Waals surface area contributed by atoms with Crippen LogP contribution in [0.25, 0.3) is 0 Å². The number of hydrogen-bond donors (Lipinski definition) is 2. The highest BCUT2D eigenvalue weighted by Gasteiger charge is 2.14. The molecule has 2 rings (SSSR count). The first-order valence-electron chi connectivity index (χ1n) is 8.52. The quantitative estimate of drug-likeness (QED) is 0.469. The molecule has 1 aliphatic rings. The molecule has 0 aliphatic heterocycles. The maximum Gasteiger partial charge on any atom is 0.257 e. The van der Waals surface area contributed by atoms with E-state index in [1.54, 1.807) is 31.4 Å². The van der Waals surface area contributed by atoms with E-state index in [-0.39, 0.29) is 5.91 Å². The van der Waals surface area contributed by atoms with Gasteiger partial charge in [0, 0.05) is 18.7 Å². The van der Waals surface area contributed by atoms with Gasteiger partial charge in [-0.2, -0.15) is 0 Å². The molecule has 0 saturated heterocycles. The second-order valence-corrected chi connectivity index (χ2v) is 6.39. The number of rotatable bonds is 6. The summed E-state index contributed by atoms with van der Waals surface area (Å²) in [6.45, 7) is 1.01. The number of carbonyl (C=O) groups is 1. The molecule has 0 aromatic heterocycles. The Hall–Kier alpha value is -1.66. The van der Waals surface area contributed by atoms with Crippen molar-refractivity contribution in [2.75, 3.05) is 20.3 Å². The number of hydrogen-bond acceptors (Lipinski definition) is 4. The third-order valence-corrected chi connectivity index (χ3v) is 4.31. The topological polar surface area (TPSA) is 59.6 Å². The lowest BCUT2D eigenvalue weighted by Gasteiger charge is -2.18. The molecule has 0 spiro atoms. The van der Waals surface area contributed by atoms with Gasteiger partial charge in [0.25, 0.3) is 5.91 Å². The maximum atomic E-state index is 12.2. The predicted molar refractivity (Wildman–Crippen MR) is 98.5 cm³/mol. The lowest BCUT2D eigenvalue weighted by atomic mass is 10.1. The minimum atomic E-state index is -0.204. The van der Waals surface area contributed by atoms with E-state index in [0.29, 0.717) is 35.7 Å². The first kappa shape index (κ1) is 18.7. The molecule has 1 aliphatic carbocycles. The molecule has 24 heavy (non-hydrogen) atoms. The van der Waals surface area contributed by atoms with Crippen LogP contribution >= 0.6 is 12.2 Å². The molecule has 2 N–H and O–H groups in total. The zero-order valence-electron chi connectivity index (χ0n) is 14.2. The zero-order chi connectivity index (χ0) is 17.2. The minimum Gasteiger partial charge on any atom is -0.491 e. The number of thiocarbonyl (C=S) groups is 1. The van der Waals surface area contributed by atoms with E-state index < -0.39 is 0 Å². The Morgan fingerprint density at radius 1 is 1.12 bits per heavy atom. The molecule has 1 aromatic carbocycles. The van der Waals surface area contributed by atoms with Crippen LogP contribution in [0.15, 0.2) is 24.3 Å². The molecule has 1 amide bonds. The summed E-state index contributed by atoms with van der Waals surface area (Å²) >= 11 is 5.27. The van der Waals surface area contributed by atoms with Gasteiger partial charge in [-0.05, 0) is 49.3 Å². The van der Waals surface area contributed by atoms with Gasteiger partial charge < -0.3 is 14.8 Å². The van der Waals surface area contributed by atoms with Crippen LogP contribution < -0.4 is 15.4 Å². The van der Waals surface area contributed by atoms with Crippen LogP contribution in [0, 0.1) is 0 Å². The Bertz CT molecular complexity index is 526. The molecule has 1 saturated carbocycles. The zero-order valence-corrected chi connectivity index (χ0v) is 15.0. The normalized spacial score (nSPS) is 15.4. The second-order valence-electron chi connectivity index (χ2n) is 5.98. The van der Waals surface area contributed by atoms with Gasteiger partial charge in [-0.3, -0.25) is 10.1 Å². The van der Waals surface area contributed by atoms with Gasteiger partial charge in [-0.25, -0.2) is 0 Å². The Balaban J connectivity index is 1.79. The fourth-order valence-electron chi connectivity index (χ4n) is 2.77. The molecule has 0 bridgehead atoms. The maximum absolute atomic E-state index is 12.2. The SMILES string of the molecule is COCCOc1ccc(C(=O)NC(=S)NC2CCCCCC2)cc1. The Kier molecular flexibility index (Phi) is 7.98.